The van der Waals surface area contributed by atoms with Crippen LogP contribution in [0.15, 0.2) is 66.9 Å². The van der Waals surface area contributed by atoms with Crippen LogP contribution in [0.25, 0.3) is 10.9 Å². The molecule has 120 valence electrons. The van der Waals surface area contributed by atoms with Crippen molar-refractivity contribution in [1.29, 1.82) is 0 Å². The van der Waals surface area contributed by atoms with Gasteiger partial charge in [0.2, 0.25) is 5.91 Å². The molecule has 0 saturated heterocycles. The van der Waals surface area contributed by atoms with Gasteiger partial charge in [0.1, 0.15) is 6.04 Å². The van der Waals surface area contributed by atoms with Gasteiger partial charge in [0, 0.05) is 17.1 Å². The minimum Gasteiger partial charge on any atom is -0.341 e. The summed E-state index contributed by atoms with van der Waals surface area (Å²) < 4.78 is 0. The maximum absolute atomic E-state index is 12.4. The van der Waals surface area contributed by atoms with Crippen LogP contribution < -0.4 is 10.6 Å². The molecule has 0 spiro atoms. The van der Waals surface area contributed by atoms with Crippen LogP contribution in [0.2, 0.25) is 0 Å². The molecule has 0 aliphatic heterocycles. The average Bonchev–Trinajstić information content (AvgIpc) is 2.62. The van der Waals surface area contributed by atoms with Crippen molar-refractivity contribution in [3.63, 3.8) is 0 Å². The highest BCUT2D eigenvalue weighted by Gasteiger charge is 2.17. The number of carbonyl (C=O) groups excluding carboxylic acids is 2. The average molecular weight is 319 g/mol. The molecule has 2 N–H and O–H groups in total. The molecular weight excluding hydrogens is 302 g/mol. The van der Waals surface area contributed by atoms with E-state index in [0.717, 1.165) is 10.9 Å². The van der Waals surface area contributed by atoms with Crippen molar-refractivity contribution in [1.82, 2.24) is 10.3 Å². The van der Waals surface area contributed by atoms with Crippen LogP contribution in [-0.4, -0.2) is 22.8 Å². The molecule has 0 bridgehead atoms. The van der Waals surface area contributed by atoms with Gasteiger partial charge < -0.3 is 10.6 Å². The maximum Gasteiger partial charge on any atom is 0.251 e. The Balaban J connectivity index is 1.71. The lowest BCUT2D eigenvalue weighted by Gasteiger charge is -2.15. The second-order valence-corrected chi connectivity index (χ2v) is 5.43. The lowest BCUT2D eigenvalue weighted by atomic mass is 10.1. The van der Waals surface area contributed by atoms with Gasteiger partial charge >= 0.3 is 0 Å². The van der Waals surface area contributed by atoms with Crippen LogP contribution >= 0.6 is 0 Å². The van der Waals surface area contributed by atoms with E-state index < -0.39 is 6.04 Å². The molecular formula is C19H17N3O2. The van der Waals surface area contributed by atoms with E-state index in [1.807, 2.05) is 30.3 Å². The summed E-state index contributed by atoms with van der Waals surface area (Å²) in [4.78, 5) is 28.8. The van der Waals surface area contributed by atoms with Crippen LogP contribution in [0.5, 0.6) is 0 Å². The highest BCUT2D eigenvalue weighted by Crippen LogP contribution is 2.20. The Labute approximate surface area is 139 Å². The quantitative estimate of drug-likeness (QED) is 0.776. The van der Waals surface area contributed by atoms with E-state index in [2.05, 4.69) is 15.6 Å². The number of fused-ring (bicyclic) bond motifs is 1. The summed E-state index contributed by atoms with van der Waals surface area (Å²) in [6, 6.07) is 17.5. The molecule has 2 aromatic carbocycles. The fraction of sp³-hybridized carbons (Fsp3) is 0.105. The number of rotatable bonds is 4. The molecule has 1 heterocycles. The summed E-state index contributed by atoms with van der Waals surface area (Å²) in [7, 11) is 0. The maximum atomic E-state index is 12.4. The van der Waals surface area contributed by atoms with Gasteiger partial charge in [-0.15, -0.1) is 0 Å². The van der Waals surface area contributed by atoms with E-state index in [9.17, 15) is 9.59 Å². The van der Waals surface area contributed by atoms with Crippen molar-refractivity contribution in [3.05, 3.63) is 72.4 Å². The summed E-state index contributed by atoms with van der Waals surface area (Å²) in [5.41, 5.74) is 1.86. The van der Waals surface area contributed by atoms with E-state index in [-0.39, 0.29) is 11.8 Å². The first-order valence-corrected chi connectivity index (χ1v) is 7.65. The fourth-order valence-corrected chi connectivity index (χ4v) is 2.38. The van der Waals surface area contributed by atoms with E-state index in [4.69, 9.17) is 0 Å². The largest absolute Gasteiger partial charge is 0.341 e. The molecule has 1 atom stereocenters. The van der Waals surface area contributed by atoms with Crippen molar-refractivity contribution < 1.29 is 9.59 Å². The predicted molar refractivity (Wildman–Crippen MR) is 93.7 cm³/mol. The Morgan fingerprint density at radius 1 is 0.958 bits per heavy atom. The minimum atomic E-state index is -0.670. The van der Waals surface area contributed by atoms with Crippen LogP contribution in [0, 0.1) is 0 Å². The molecule has 0 aliphatic rings. The molecule has 3 aromatic rings. The van der Waals surface area contributed by atoms with Gasteiger partial charge in [-0.05, 0) is 31.2 Å². The molecule has 5 heteroatoms. The first kappa shape index (κ1) is 15.7. The van der Waals surface area contributed by atoms with Gasteiger partial charge in [-0.3, -0.25) is 14.6 Å². The Bertz CT molecular complexity index is 873. The lowest BCUT2D eigenvalue weighted by Crippen LogP contribution is -2.41. The standard InChI is InChI=1S/C19H17N3O2/c1-13(21-19(24)15-7-3-2-4-8-15)18(23)22-16-11-5-9-14-10-6-12-20-17(14)16/h2-13H,1H3,(H,21,24)(H,22,23). The van der Waals surface area contributed by atoms with Crippen molar-refractivity contribution in [2.24, 2.45) is 0 Å². The van der Waals surface area contributed by atoms with Crippen molar-refractivity contribution in [2.45, 2.75) is 13.0 Å². The number of para-hydroxylation sites is 1. The summed E-state index contributed by atoms with van der Waals surface area (Å²) >= 11 is 0. The smallest absolute Gasteiger partial charge is 0.251 e. The Hall–Kier alpha value is -3.21. The second kappa shape index (κ2) is 6.91. The van der Waals surface area contributed by atoms with Gasteiger partial charge in [-0.1, -0.05) is 36.4 Å². The Kier molecular flexibility index (Phi) is 4.52. The molecule has 2 amide bonds. The van der Waals surface area contributed by atoms with E-state index in [1.54, 1.807) is 43.5 Å². The molecule has 0 aliphatic carbocycles. The van der Waals surface area contributed by atoms with Crippen LogP contribution in [0.1, 0.15) is 17.3 Å². The van der Waals surface area contributed by atoms with Gasteiger partial charge in [-0.2, -0.15) is 0 Å². The number of carbonyl (C=O) groups is 2. The van der Waals surface area contributed by atoms with Crippen LogP contribution in [-0.2, 0) is 4.79 Å². The fourth-order valence-electron chi connectivity index (χ4n) is 2.38. The third kappa shape index (κ3) is 3.41. The molecule has 5 nitrogen and oxygen atoms in total. The first-order valence-electron chi connectivity index (χ1n) is 7.65. The van der Waals surface area contributed by atoms with E-state index >= 15 is 0 Å². The Morgan fingerprint density at radius 2 is 1.71 bits per heavy atom. The van der Waals surface area contributed by atoms with Crippen molar-refractivity contribution in [3.8, 4) is 0 Å². The SMILES string of the molecule is CC(NC(=O)c1ccccc1)C(=O)Nc1cccc2cccnc12. The molecule has 0 fully saturated rings. The predicted octanol–water partition coefficient (Wildman–Crippen LogP) is 2.99. The number of benzene rings is 2. The van der Waals surface area contributed by atoms with Crippen molar-refractivity contribution >= 4 is 28.4 Å². The summed E-state index contributed by atoms with van der Waals surface area (Å²) in [5.74, 6) is -0.577. The zero-order valence-electron chi connectivity index (χ0n) is 13.2. The monoisotopic (exact) mass is 319 g/mol. The summed E-state index contributed by atoms with van der Waals surface area (Å²) in [5, 5.41) is 6.46. The van der Waals surface area contributed by atoms with Gasteiger partial charge in [0.15, 0.2) is 0 Å². The third-order valence-electron chi connectivity index (χ3n) is 3.67. The number of amides is 2. The highest BCUT2D eigenvalue weighted by atomic mass is 16.2. The van der Waals surface area contributed by atoms with E-state index in [1.165, 1.54) is 0 Å². The molecule has 0 radical (unpaired) electrons. The van der Waals surface area contributed by atoms with Gasteiger partial charge in [0.05, 0.1) is 11.2 Å². The number of anilines is 1. The summed E-state index contributed by atoms with van der Waals surface area (Å²) in [6.45, 7) is 1.65. The summed E-state index contributed by atoms with van der Waals surface area (Å²) in [6.07, 6.45) is 1.68. The second-order valence-electron chi connectivity index (χ2n) is 5.43. The van der Waals surface area contributed by atoms with Crippen LogP contribution in [0.3, 0.4) is 0 Å². The molecule has 1 unspecified atom stereocenters. The molecule has 3 rings (SSSR count). The third-order valence-corrected chi connectivity index (χ3v) is 3.67. The zero-order chi connectivity index (χ0) is 16.9. The number of nitrogens with one attached hydrogen (secondary N) is 2. The Morgan fingerprint density at radius 3 is 2.50 bits per heavy atom. The number of nitrogens with zero attached hydrogens (tertiary/aromatic N) is 1. The normalized spacial score (nSPS) is 11.7. The van der Waals surface area contributed by atoms with Gasteiger partial charge in [0.25, 0.3) is 5.91 Å². The van der Waals surface area contributed by atoms with E-state index in [0.29, 0.717) is 11.3 Å². The van der Waals surface area contributed by atoms with Gasteiger partial charge in [-0.25, -0.2) is 0 Å². The lowest BCUT2D eigenvalue weighted by molar-refractivity contribution is -0.117. The minimum absolute atomic E-state index is 0.283. The van der Waals surface area contributed by atoms with Crippen LogP contribution in [0.4, 0.5) is 5.69 Å². The highest BCUT2D eigenvalue weighted by molar-refractivity contribution is 6.04. The number of aromatic nitrogens is 1. The number of pyridine rings is 1. The molecule has 24 heavy (non-hydrogen) atoms. The number of hydrogen-bond donors (Lipinski definition) is 2. The first-order chi connectivity index (χ1) is 11.6. The topological polar surface area (TPSA) is 71.1 Å². The number of hydrogen-bond acceptors (Lipinski definition) is 3. The molecule has 1 aromatic heterocycles. The zero-order valence-corrected chi connectivity index (χ0v) is 13.2. The molecule has 0 saturated carbocycles. The van der Waals surface area contributed by atoms with Crippen molar-refractivity contribution in [2.75, 3.05) is 5.32 Å².